The molecule has 0 unspecified atom stereocenters. The highest BCUT2D eigenvalue weighted by molar-refractivity contribution is 6.46. The summed E-state index contributed by atoms with van der Waals surface area (Å²) in [7, 11) is 0. The normalized spacial score (nSPS) is 17.9. The summed E-state index contributed by atoms with van der Waals surface area (Å²) in [6, 6.07) is 13.3. The molecule has 32 heavy (non-hydrogen) atoms. The summed E-state index contributed by atoms with van der Waals surface area (Å²) in [4.78, 5) is 27.4. The summed E-state index contributed by atoms with van der Waals surface area (Å²) in [6.07, 6.45) is 0.656. The van der Waals surface area contributed by atoms with Crippen LogP contribution in [0.3, 0.4) is 0 Å². The second-order valence-electron chi connectivity index (χ2n) is 7.75. The zero-order chi connectivity index (χ0) is 23.3. The third-order valence-electron chi connectivity index (χ3n) is 5.15. The number of likely N-dealkylation sites (tertiary alicyclic amines) is 1. The lowest BCUT2D eigenvalue weighted by molar-refractivity contribution is -0.140. The average molecular weight is 458 g/mol. The number of amides is 1. The SMILES string of the molecule is CCOc1ccc(C(O)=C2C(=O)C(=O)N(CCCOC(C)C)[C@@H]2c2ccccc2)cc1Cl. The molecule has 7 heteroatoms. The topological polar surface area (TPSA) is 76.1 Å². The number of aliphatic hydroxyl groups excluding tert-OH is 1. The largest absolute Gasteiger partial charge is 0.507 e. The van der Waals surface area contributed by atoms with Gasteiger partial charge in [-0.3, -0.25) is 9.59 Å². The first kappa shape index (κ1) is 23.8. The Hall–Kier alpha value is -2.83. The molecule has 2 aromatic rings. The number of carbonyl (C=O) groups excluding carboxylic acids is 2. The Kier molecular flexibility index (Phi) is 7.94. The third-order valence-corrected chi connectivity index (χ3v) is 5.45. The number of ether oxygens (including phenoxy) is 2. The number of carbonyl (C=O) groups is 2. The predicted molar refractivity (Wildman–Crippen MR) is 124 cm³/mol. The van der Waals surface area contributed by atoms with E-state index in [0.717, 1.165) is 5.56 Å². The minimum absolute atomic E-state index is 0.0474. The van der Waals surface area contributed by atoms with Crippen LogP contribution in [-0.4, -0.2) is 47.6 Å². The molecule has 1 amide bonds. The van der Waals surface area contributed by atoms with E-state index in [1.165, 1.54) is 11.0 Å². The molecule has 2 aromatic carbocycles. The predicted octanol–water partition coefficient (Wildman–Crippen LogP) is 4.98. The first-order valence-electron chi connectivity index (χ1n) is 10.7. The van der Waals surface area contributed by atoms with Crippen molar-refractivity contribution in [2.45, 2.75) is 39.3 Å². The van der Waals surface area contributed by atoms with Crippen molar-refractivity contribution in [2.24, 2.45) is 0 Å². The quantitative estimate of drug-likeness (QED) is 0.249. The van der Waals surface area contributed by atoms with Crippen LogP contribution in [-0.2, 0) is 14.3 Å². The molecule has 0 bridgehead atoms. The van der Waals surface area contributed by atoms with Gasteiger partial charge in [0.1, 0.15) is 11.5 Å². The van der Waals surface area contributed by atoms with Crippen LogP contribution in [0.1, 0.15) is 44.4 Å². The second-order valence-corrected chi connectivity index (χ2v) is 8.16. The summed E-state index contributed by atoms with van der Waals surface area (Å²) in [5.41, 5.74) is 1.14. The van der Waals surface area contributed by atoms with E-state index in [9.17, 15) is 14.7 Å². The van der Waals surface area contributed by atoms with Crippen LogP contribution in [0.4, 0.5) is 0 Å². The fourth-order valence-electron chi connectivity index (χ4n) is 3.72. The number of nitrogens with zero attached hydrogens (tertiary/aromatic N) is 1. The van der Waals surface area contributed by atoms with E-state index in [0.29, 0.717) is 42.5 Å². The summed E-state index contributed by atoms with van der Waals surface area (Å²) in [6.45, 7) is 6.98. The third kappa shape index (κ3) is 5.14. The second kappa shape index (κ2) is 10.7. The fourth-order valence-corrected chi connectivity index (χ4v) is 3.96. The zero-order valence-corrected chi connectivity index (χ0v) is 19.3. The molecule has 1 N–H and O–H groups in total. The van der Waals surface area contributed by atoms with Gasteiger partial charge >= 0.3 is 0 Å². The first-order valence-corrected chi connectivity index (χ1v) is 11.1. The maximum absolute atomic E-state index is 13.0. The molecule has 0 aliphatic carbocycles. The molecule has 0 radical (unpaired) electrons. The van der Waals surface area contributed by atoms with E-state index in [1.54, 1.807) is 12.1 Å². The molecular weight excluding hydrogens is 430 g/mol. The highest BCUT2D eigenvalue weighted by atomic mass is 35.5. The highest BCUT2D eigenvalue weighted by Gasteiger charge is 2.45. The van der Waals surface area contributed by atoms with Crippen molar-refractivity contribution >= 4 is 29.1 Å². The summed E-state index contributed by atoms with van der Waals surface area (Å²) >= 11 is 6.28. The summed E-state index contributed by atoms with van der Waals surface area (Å²) in [5.74, 6) is -1.13. The standard InChI is InChI=1S/C25H28ClNO5/c1-4-31-20-12-11-18(15-19(20)26)23(28)21-22(17-9-6-5-7-10-17)27(25(30)24(21)29)13-8-14-32-16(2)3/h5-7,9-12,15-16,22,28H,4,8,13-14H2,1-3H3/t22-/m1/s1. The van der Waals surface area contributed by atoms with Crippen LogP contribution in [0.2, 0.25) is 5.02 Å². The van der Waals surface area contributed by atoms with Gasteiger partial charge in [0.05, 0.1) is 29.3 Å². The van der Waals surface area contributed by atoms with Crippen LogP contribution < -0.4 is 4.74 Å². The lowest BCUT2D eigenvalue weighted by atomic mass is 9.95. The van der Waals surface area contributed by atoms with Gasteiger partial charge in [-0.05, 0) is 51.0 Å². The molecule has 1 atom stereocenters. The van der Waals surface area contributed by atoms with E-state index < -0.39 is 17.7 Å². The van der Waals surface area contributed by atoms with Crippen molar-refractivity contribution in [3.05, 3.63) is 70.3 Å². The van der Waals surface area contributed by atoms with Crippen molar-refractivity contribution in [2.75, 3.05) is 19.8 Å². The summed E-state index contributed by atoms with van der Waals surface area (Å²) < 4.78 is 11.0. The van der Waals surface area contributed by atoms with E-state index in [4.69, 9.17) is 21.1 Å². The van der Waals surface area contributed by atoms with Crippen molar-refractivity contribution in [3.63, 3.8) is 0 Å². The zero-order valence-electron chi connectivity index (χ0n) is 18.5. The van der Waals surface area contributed by atoms with Gasteiger partial charge in [0.15, 0.2) is 0 Å². The van der Waals surface area contributed by atoms with E-state index in [2.05, 4.69) is 0 Å². The lowest BCUT2D eigenvalue weighted by Gasteiger charge is -2.25. The Bertz CT molecular complexity index is 1000. The number of hydrogen-bond donors (Lipinski definition) is 1. The summed E-state index contributed by atoms with van der Waals surface area (Å²) in [5, 5.41) is 11.4. The Balaban J connectivity index is 2.01. The minimum Gasteiger partial charge on any atom is -0.507 e. The number of hydrogen-bond acceptors (Lipinski definition) is 5. The molecule has 1 fully saturated rings. The van der Waals surface area contributed by atoms with Gasteiger partial charge in [0.2, 0.25) is 0 Å². The van der Waals surface area contributed by atoms with Crippen LogP contribution in [0, 0.1) is 0 Å². The number of Topliss-reactive ketones (excluding diaryl/α,β-unsaturated/α-hetero) is 1. The maximum atomic E-state index is 13.0. The van der Waals surface area contributed by atoms with Crippen LogP contribution >= 0.6 is 11.6 Å². The van der Waals surface area contributed by atoms with E-state index >= 15 is 0 Å². The molecule has 1 aliphatic rings. The number of aliphatic hydroxyl groups is 1. The van der Waals surface area contributed by atoms with Crippen molar-refractivity contribution in [3.8, 4) is 5.75 Å². The van der Waals surface area contributed by atoms with Gasteiger partial charge in [-0.25, -0.2) is 0 Å². The van der Waals surface area contributed by atoms with Gasteiger partial charge < -0.3 is 19.5 Å². The molecule has 1 aliphatic heterocycles. The van der Waals surface area contributed by atoms with Crippen molar-refractivity contribution < 1.29 is 24.2 Å². The molecule has 0 aromatic heterocycles. The van der Waals surface area contributed by atoms with Gasteiger partial charge in [0.25, 0.3) is 11.7 Å². The van der Waals surface area contributed by atoms with Crippen molar-refractivity contribution in [1.82, 2.24) is 4.90 Å². The molecule has 0 saturated carbocycles. The first-order chi connectivity index (χ1) is 15.3. The Morgan fingerprint density at radius 1 is 1.16 bits per heavy atom. The van der Waals surface area contributed by atoms with Gasteiger partial charge in [0, 0.05) is 18.7 Å². The number of ketones is 1. The van der Waals surface area contributed by atoms with Gasteiger partial charge in [-0.15, -0.1) is 0 Å². The number of benzene rings is 2. The van der Waals surface area contributed by atoms with Crippen LogP contribution in [0.5, 0.6) is 5.75 Å². The van der Waals surface area contributed by atoms with E-state index in [-0.39, 0.29) is 17.4 Å². The molecule has 1 heterocycles. The van der Waals surface area contributed by atoms with Gasteiger partial charge in [-0.1, -0.05) is 41.9 Å². The number of rotatable bonds is 9. The molecular formula is C25H28ClNO5. The van der Waals surface area contributed by atoms with E-state index in [1.807, 2.05) is 51.1 Å². The Morgan fingerprint density at radius 3 is 2.50 bits per heavy atom. The molecule has 3 rings (SSSR count). The Labute approximate surface area is 193 Å². The Morgan fingerprint density at radius 2 is 1.88 bits per heavy atom. The average Bonchev–Trinajstić information content (AvgIpc) is 3.03. The number of halogens is 1. The monoisotopic (exact) mass is 457 g/mol. The molecule has 170 valence electrons. The van der Waals surface area contributed by atoms with Crippen molar-refractivity contribution in [1.29, 1.82) is 0 Å². The fraction of sp³-hybridized carbons (Fsp3) is 0.360. The molecule has 1 saturated heterocycles. The highest BCUT2D eigenvalue weighted by Crippen LogP contribution is 2.40. The maximum Gasteiger partial charge on any atom is 0.295 e. The molecule has 0 spiro atoms. The smallest absolute Gasteiger partial charge is 0.295 e. The molecule has 6 nitrogen and oxygen atoms in total. The minimum atomic E-state index is -0.717. The van der Waals surface area contributed by atoms with Crippen LogP contribution in [0.15, 0.2) is 54.1 Å². The lowest BCUT2D eigenvalue weighted by Crippen LogP contribution is -2.31. The van der Waals surface area contributed by atoms with Crippen LogP contribution in [0.25, 0.3) is 5.76 Å². The van der Waals surface area contributed by atoms with Gasteiger partial charge in [-0.2, -0.15) is 0 Å².